The maximum Gasteiger partial charge on any atom is 0.237 e. The molecule has 1 amide bonds. The third-order valence-electron chi connectivity index (χ3n) is 2.64. The van der Waals surface area contributed by atoms with E-state index in [0.29, 0.717) is 23.2 Å². The number of carbonyl (C=O) groups is 1. The lowest BCUT2D eigenvalue weighted by atomic mass is 10.3. The molecule has 0 aliphatic rings. The number of nitrogen functional groups attached to an aromatic ring is 1. The Hall–Kier alpha value is -2.22. The molecule has 1 aromatic heterocycles. The van der Waals surface area contributed by atoms with Gasteiger partial charge in [-0.2, -0.15) is 0 Å². The van der Waals surface area contributed by atoms with Gasteiger partial charge in [-0.05, 0) is 26.0 Å². The number of hydrogen-bond acceptors (Lipinski definition) is 6. The Morgan fingerprint density at radius 1 is 1.52 bits per heavy atom. The number of amides is 1. The summed E-state index contributed by atoms with van der Waals surface area (Å²) in [5, 5.41) is 10.5. The SMILES string of the molecule is CCOc1ccccc1NC(=O)[C@@H](C)Sc1nncn1N. The Kier molecular flexibility index (Phi) is 5.04. The maximum absolute atomic E-state index is 12.2. The van der Waals surface area contributed by atoms with Gasteiger partial charge < -0.3 is 15.9 Å². The number of nitrogens with two attached hydrogens (primary N) is 1. The average Bonchev–Trinajstić information content (AvgIpc) is 2.86. The van der Waals surface area contributed by atoms with Gasteiger partial charge in [-0.25, -0.2) is 4.68 Å². The third-order valence-corrected chi connectivity index (χ3v) is 3.71. The first kappa shape index (κ1) is 15.2. The van der Waals surface area contributed by atoms with E-state index >= 15 is 0 Å². The number of hydrogen-bond donors (Lipinski definition) is 2. The summed E-state index contributed by atoms with van der Waals surface area (Å²) in [5.74, 6) is 6.11. The molecule has 2 aromatic rings. The Labute approximate surface area is 126 Å². The fraction of sp³-hybridized carbons (Fsp3) is 0.308. The van der Waals surface area contributed by atoms with Crippen molar-refractivity contribution in [3.05, 3.63) is 30.6 Å². The van der Waals surface area contributed by atoms with Gasteiger partial charge in [-0.1, -0.05) is 23.9 Å². The van der Waals surface area contributed by atoms with Gasteiger partial charge in [0.1, 0.15) is 12.1 Å². The van der Waals surface area contributed by atoms with Crippen molar-refractivity contribution in [1.29, 1.82) is 0 Å². The van der Waals surface area contributed by atoms with Crippen LogP contribution in [-0.4, -0.2) is 32.6 Å². The smallest absolute Gasteiger partial charge is 0.237 e. The number of para-hydroxylation sites is 2. The number of nitrogens with zero attached hydrogens (tertiary/aromatic N) is 3. The first-order valence-electron chi connectivity index (χ1n) is 6.46. The molecule has 21 heavy (non-hydrogen) atoms. The molecular weight excluding hydrogens is 290 g/mol. The van der Waals surface area contributed by atoms with E-state index in [4.69, 9.17) is 10.6 Å². The van der Waals surface area contributed by atoms with Gasteiger partial charge in [0.15, 0.2) is 0 Å². The van der Waals surface area contributed by atoms with Gasteiger partial charge >= 0.3 is 0 Å². The molecule has 0 spiro atoms. The van der Waals surface area contributed by atoms with E-state index in [1.807, 2.05) is 25.1 Å². The zero-order valence-electron chi connectivity index (χ0n) is 11.8. The molecule has 7 nitrogen and oxygen atoms in total. The molecule has 0 fully saturated rings. The summed E-state index contributed by atoms with van der Waals surface area (Å²) in [6.07, 6.45) is 1.39. The van der Waals surface area contributed by atoms with Crippen LogP contribution in [0.15, 0.2) is 35.7 Å². The minimum atomic E-state index is -0.369. The molecule has 0 saturated heterocycles. The van der Waals surface area contributed by atoms with Crippen LogP contribution < -0.4 is 15.9 Å². The largest absolute Gasteiger partial charge is 0.492 e. The lowest BCUT2D eigenvalue weighted by Gasteiger charge is -2.14. The van der Waals surface area contributed by atoms with Gasteiger partial charge in [0.2, 0.25) is 11.1 Å². The van der Waals surface area contributed by atoms with Crippen molar-refractivity contribution in [2.45, 2.75) is 24.3 Å². The minimum absolute atomic E-state index is 0.157. The summed E-state index contributed by atoms with van der Waals surface area (Å²) < 4.78 is 6.75. The molecule has 3 N–H and O–H groups in total. The van der Waals surface area contributed by atoms with Crippen molar-refractivity contribution < 1.29 is 9.53 Å². The van der Waals surface area contributed by atoms with Crippen molar-refractivity contribution in [2.24, 2.45) is 0 Å². The van der Waals surface area contributed by atoms with Crippen LogP contribution >= 0.6 is 11.8 Å². The average molecular weight is 307 g/mol. The molecule has 0 aliphatic heterocycles. The van der Waals surface area contributed by atoms with E-state index in [2.05, 4.69) is 15.5 Å². The van der Waals surface area contributed by atoms with Crippen LogP contribution in [0.3, 0.4) is 0 Å². The zero-order chi connectivity index (χ0) is 15.2. The van der Waals surface area contributed by atoms with E-state index in [9.17, 15) is 4.79 Å². The Balaban J connectivity index is 2.02. The summed E-state index contributed by atoms with van der Waals surface area (Å²) in [6, 6.07) is 7.31. The maximum atomic E-state index is 12.2. The molecule has 1 aromatic carbocycles. The summed E-state index contributed by atoms with van der Waals surface area (Å²) >= 11 is 1.23. The fourth-order valence-electron chi connectivity index (χ4n) is 1.61. The van der Waals surface area contributed by atoms with Gasteiger partial charge in [0.25, 0.3) is 0 Å². The van der Waals surface area contributed by atoms with Crippen LogP contribution in [0.2, 0.25) is 0 Å². The second-order valence-electron chi connectivity index (χ2n) is 4.20. The lowest BCUT2D eigenvalue weighted by Crippen LogP contribution is -2.23. The van der Waals surface area contributed by atoms with Crippen molar-refractivity contribution >= 4 is 23.4 Å². The molecule has 8 heteroatoms. The Bertz CT molecular complexity index is 616. The van der Waals surface area contributed by atoms with Gasteiger partial charge in [-0.3, -0.25) is 4.79 Å². The topological polar surface area (TPSA) is 95.1 Å². The number of aromatic nitrogens is 3. The number of thioether (sulfide) groups is 1. The van der Waals surface area contributed by atoms with Crippen molar-refractivity contribution in [2.75, 3.05) is 17.8 Å². The lowest BCUT2D eigenvalue weighted by molar-refractivity contribution is -0.115. The highest BCUT2D eigenvalue weighted by atomic mass is 32.2. The minimum Gasteiger partial charge on any atom is -0.492 e. The van der Waals surface area contributed by atoms with Crippen LogP contribution in [0.1, 0.15) is 13.8 Å². The molecule has 1 atom stereocenters. The molecule has 0 radical (unpaired) electrons. The number of carbonyl (C=O) groups excluding carboxylic acids is 1. The standard InChI is InChI=1S/C13H17N5O2S/c1-3-20-11-7-5-4-6-10(11)16-12(19)9(2)21-13-17-15-8-18(13)14/h4-9H,3,14H2,1-2H3,(H,16,19)/t9-/m1/s1. The van der Waals surface area contributed by atoms with E-state index < -0.39 is 0 Å². The fourth-order valence-corrected chi connectivity index (χ4v) is 2.36. The normalized spacial score (nSPS) is 11.9. The van der Waals surface area contributed by atoms with Crippen LogP contribution in [-0.2, 0) is 4.79 Å². The third kappa shape index (κ3) is 3.88. The molecule has 112 valence electrons. The van der Waals surface area contributed by atoms with E-state index in [1.165, 1.54) is 22.8 Å². The highest BCUT2D eigenvalue weighted by molar-refractivity contribution is 8.00. The molecular formula is C13H17N5O2S. The molecule has 1 heterocycles. The first-order valence-corrected chi connectivity index (χ1v) is 7.34. The number of rotatable bonds is 6. The number of ether oxygens (including phenoxy) is 1. The molecule has 0 bridgehead atoms. The van der Waals surface area contributed by atoms with Gasteiger partial charge in [0.05, 0.1) is 17.5 Å². The van der Waals surface area contributed by atoms with Crippen molar-refractivity contribution in [3.63, 3.8) is 0 Å². The Morgan fingerprint density at radius 2 is 2.29 bits per heavy atom. The quantitative estimate of drug-likeness (QED) is 0.620. The molecule has 0 saturated carbocycles. The highest BCUT2D eigenvalue weighted by Gasteiger charge is 2.18. The van der Waals surface area contributed by atoms with Crippen LogP contribution in [0.4, 0.5) is 5.69 Å². The number of anilines is 1. The summed E-state index contributed by atoms with van der Waals surface area (Å²) in [7, 11) is 0. The predicted octanol–water partition coefficient (Wildman–Crippen LogP) is 1.51. The number of benzene rings is 1. The van der Waals surface area contributed by atoms with Gasteiger partial charge in [0, 0.05) is 0 Å². The van der Waals surface area contributed by atoms with Gasteiger partial charge in [-0.15, -0.1) is 10.2 Å². The monoisotopic (exact) mass is 307 g/mol. The van der Waals surface area contributed by atoms with Crippen LogP contribution in [0.25, 0.3) is 0 Å². The predicted molar refractivity (Wildman–Crippen MR) is 81.7 cm³/mol. The summed E-state index contributed by atoms with van der Waals surface area (Å²) in [6.45, 7) is 4.20. The second kappa shape index (κ2) is 6.98. The molecule has 0 unspecified atom stereocenters. The van der Waals surface area contributed by atoms with Crippen LogP contribution in [0.5, 0.6) is 5.75 Å². The molecule has 0 aliphatic carbocycles. The van der Waals surface area contributed by atoms with E-state index in [1.54, 1.807) is 13.0 Å². The summed E-state index contributed by atoms with van der Waals surface area (Å²) in [5.41, 5.74) is 0.644. The zero-order valence-corrected chi connectivity index (χ0v) is 12.6. The van der Waals surface area contributed by atoms with Crippen molar-refractivity contribution in [3.8, 4) is 5.75 Å². The highest BCUT2D eigenvalue weighted by Crippen LogP contribution is 2.26. The van der Waals surface area contributed by atoms with E-state index in [-0.39, 0.29) is 11.2 Å². The number of nitrogens with one attached hydrogen (secondary N) is 1. The first-order chi connectivity index (χ1) is 10.1. The second-order valence-corrected chi connectivity index (χ2v) is 5.51. The Morgan fingerprint density at radius 3 is 2.95 bits per heavy atom. The van der Waals surface area contributed by atoms with Crippen molar-refractivity contribution in [1.82, 2.24) is 14.9 Å². The summed E-state index contributed by atoms with van der Waals surface area (Å²) in [4.78, 5) is 12.2. The molecule has 2 rings (SSSR count). The van der Waals surface area contributed by atoms with Crippen LogP contribution in [0, 0.1) is 0 Å². The van der Waals surface area contributed by atoms with E-state index in [0.717, 1.165) is 0 Å².